The smallest absolute Gasteiger partial charge is 0.261 e. The van der Waals surface area contributed by atoms with E-state index in [4.69, 9.17) is 4.74 Å². The number of halogens is 1. The minimum absolute atomic E-state index is 0.186. The van der Waals surface area contributed by atoms with Gasteiger partial charge in [-0.15, -0.1) is 0 Å². The summed E-state index contributed by atoms with van der Waals surface area (Å²) in [6.45, 7) is 6.41. The molecular formula is C27H31FN2O3. The molecule has 2 amide bonds. The lowest BCUT2D eigenvalue weighted by molar-refractivity contribution is -0.143. The maximum atomic E-state index is 13.4. The molecule has 0 aliphatic carbocycles. The summed E-state index contributed by atoms with van der Waals surface area (Å²) in [6.07, 6.45) is 0.450. The molecule has 1 atom stereocenters. The monoisotopic (exact) mass is 450 g/mol. The largest absolute Gasteiger partial charge is 0.483 e. The summed E-state index contributed by atoms with van der Waals surface area (Å²) in [7, 11) is 0. The van der Waals surface area contributed by atoms with Crippen molar-refractivity contribution in [2.75, 3.05) is 13.2 Å². The second-order valence-corrected chi connectivity index (χ2v) is 8.48. The molecule has 33 heavy (non-hydrogen) atoms. The fourth-order valence-corrected chi connectivity index (χ4v) is 3.67. The number of nitrogens with zero attached hydrogens (tertiary/aromatic N) is 1. The number of carbonyl (C=O) groups is 2. The zero-order valence-electron chi connectivity index (χ0n) is 19.4. The Bertz CT molecular complexity index is 1080. The summed E-state index contributed by atoms with van der Waals surface area (Å²) in [5, 5.41) is 4.86. The van der Waals surface area contributed by atoms with Crippen LogP contribution in [0.25, 0.3) is 10.8 Å². The number of ether oxygens (including phenoxy) is 1. The topological polar surface area (TPSA) is 58.6 Å². The lowest BCUT2D eigenvalue weighted by Crippen LogP contribution is -2.50. The highest BCUT2D eigenvalue weighted by Gasteiger charge is 2.29. The lowest BCUT2D eigenvalue weighted by atomic mass is 10.1. The van der Waals surface area contributed by atoms with Crippen molar-refractivity contribution in [2.24, 2.45) is 5.92 Å². The number of amides is 2. The van der Waals surface area contributed by atoms with Gasteiger partial charge in [-0.2, -0.15) is 0 Å². The summed E-state index contributed by atoms with van der Waals surface area (Å²) in [5.41, 5.74) is 0.741. The molecule has 0 spiro atoms. The zero-order chi connectivity index (χ0) is 23.8. The minimum atomic E-state index is -0.655. The van der Waals surface area contributed by atoms with Crippen molar-refractivity contribution in [2.45, 2.75) is 39.8 Å². The molecule has 0 heterocycles. The molecule has 0 aliphatic rings. The van der Waals surface area contributed by atoms with Crippen LogP contribution in [-0.2, 0) is 16.1 Å². The first-order chi connectivity index (χ1) is 15.9. The van der Waals surface area contributed by atoms with Crippen molar-refractivity contribution < 1.29 is 18.7 Å². The highest BCUT2D eigenvalue weighted by Crippen LogP contribution is 2.25. The van der Waals surface area contributed by atoms with Gasteiger partial charge in [-0.3, -0.25) is 9.59 Å². The maximum Gasteiger partial charge on any atom is 0.261 e. The molecule has 174 valence electrons. The van der Waals surface area contributed by atoms with Gasteiger partial charge in [-0.1, -0.05) is 69.3 Å². The molecule has 0 aromatic heterocycles. The van der Waals surface area contributed by atoms with Crippen molar-refractivity contribution in [1.29, 1.82) is 0 Å². The van der Waals surface area contributed by atoms with Gasteiger partial charge >= 0.3 is 0 Å². The second kappa shape index (κ2) is 11.5. The number of hydrogen-bond donors (Lipinski definition) is 1. The van der Waals surface area contributed by atoms with Gasteiger partial charge in [0, 0.05) is 18.5 Å². The molecule has 6 heteroatoms. The summed E-state index contributed by atoms with van der Waals surface area (Å²) in [5.74, 6) is 0.0474. The zero-order valence-corrected chi connectivity index (χ0v) is 19.4. The quantitative estimate of drug-likeness (QED) is 0.476. The van der Waals surface area contributed by atoms with E-state index in [-0.39, 0.29) is 30.8 Å². The standard InChI is InChI=1S/C27H31FN2O3/c1-4-24(27(32)29-16-19(2)3)30(17-20-12-14-22(28)15-13-20)26(31)18-33-25-11-7-9-21-8-5-6-10-23(21)25/h5-15,19,24H,4,16-18H2,1-3H3,(H,29,32)/t24-/m1/s1. The van der Waals surface area contributed by atoms with Crippen LogP contribution in [-0.4, -0.2) is 35.9 Å². The molecule has 0 aliphatic heterocycles. The Morgan fingerprint density at radius 2 is 1.70 bits per heavy atom. The third-order valence-corrected chi connectivity index (χ3v) is 5.44. The first-order valence-electron chi connectivity index (χ1n) is 11.3. The van der Waals surface area contributed by atoms with Crippen molar-refractivity contribution in [3.05, 3.63) is 78.1 Å². The van der Waals surface area contributed by atoms with Crippen LogP contribution in [0.3, 0.4) is 0 Å². The van der Waals surface area contributed by atoms with E-state index in [2.05, 4.69) is 5.32 Å². The number of benzene rings is 3. The first-order valence-corrected chi connectivity index (χ1v) is 11.3. The molecule has 0 unspecified atom stereocenters. The van der Waals surface area contributed by atoms with Gasteiger partial charge in [0.15, 0.2) is 6.61 Å². The van der Waals surface area contributed by atoms with Crippen LogP contribution in [0.2, 0.25) is 0 Å². The predicted molar refractivity (Wildman–Crippen MR) is 128 cm³/mol. The molecule has 0 fully saturated rings. The van der Waals surface area contributed by atoms with E-state index in [1.165, 1.54) is 17.0 Å². The molecule has 1 N–H and O–H groups in total. The Balaban J connectivity index is 1.81. The van der Waals surface area contributed by atoms with E-state index >= 15 is 0 Å². The average Bonchev–Trinajstić information content (AvgIpc) is 2.82. The highest BCUT2D eigenvalue weighted by molar-refractivity contribution is 5.90. The molecule has 0 saturated carbocycles. The van der Waals surface area contributed by atoms with E-state index in [9.17, 15) is 14.0 Å². The SMILES string of the molecule is CC[C@H](C(=O)NCC(C)C)N(Cc1ccc(F)cc1)C(=O)COc1cccc2ccccc12. The Kier molecular flexibility index (Phi) is 8.41. The number of rotatable bonds is 10. The first kappa shape index (κ1) is 24.2. The van der Waals surface area contributed by atoms with Crippen molar-refractivity contribution in [3.8, 4) is 5.75 Å². The van der Waals surface area contributed by atoms with Crippen LogP contribution in [0.5, 0.6) is 5.75 Å². The van der Waals surface area contributed by atoms with E-state index in [1.54, 1.807) is 12.1 Å². The van der Waals surface area contributed by atoms with Crippen LogP contribution >= 0.6 is 0 Å². The number of carbonyl (C=O) groups excluding carboxylic acids is 2. The Hall–Kier alpha value is -3.41. The highest BCUT2D eigenvalue weighted by atomic mass is 19.1. The van der Waals surface area contributed by atoms with Gasteiger partial charge in [0.05, 0.1) is 0 Å². The number of hydrogen-bond acceptors (Lipinski definition) is 3. The maximum absolute atomic E-state index is 13.4. The number of fused-ring (bicyclic) bond motifs is 1. The van der Waals surface area contributed by atoms with Gasteiger partial charge in [0.2, 0.25) is 5.91 Å². The van der Waals surface area contributed by atoms with Gasteiger partial charge in [0.25, 0.3) is 5.91 Å². The molecule has 3 aromatic rings. The van der Waals surface area contributed by atoms with E-state index in [0.717, 1.165) is 16.3 Å². The summed E-state index contributed by atoms with van der Waals surface area (Å²) < 4.78 is 19.3. The van der Waals surface area contributed by atoms with Crippen LogP contribution in [0.4, 0.5) is 4.39 Å². The molecule has 0 bridgehead atoms. The Morgan fingerprint density at radius 1 is 1.00 bits per heavy atom. The van der Waals surface area contributed by atoms with Gasteiger partial charge in [-0.05, 0) is 41.5 Å². The molecular weight excluding hydrogens is 419 g/mol. The van der Waals surface area contributed by atoms with Gasteiger partial charge < -0.3 is 15.0 Å². The molecule has 0 radical (unpaired) electrons. The van der Waals surface area contributed by atoms with E-state index < -0.39 is 6.04 Å². The Morgan fingerprint density at radius 3 is 2.39 bits per heavy atom. The molecule has 3 rings (SSSR count). The van der Waals surface area contributed by atoms with E-state index in [0.29, 0.717) is 24.6 Å². The normalized spacial score (nSPS) is 11.9. The van der Waals surface area contributed by atoms with E-state index in [1.807, 2.05) is 63.2 Å². The molecule has 0 saturated heterocycles. The van der Waals surface area contributed by atoms with Crippen LogP contribution < -0.4 is 10.1 Å². The molecule has 3 aromatic carbocycles. The van der Waals surface area contributed by atoms with Crippen LogP contribution in [0.1, 0.15) is 32.8 Å². The van der Waals surface area contributed by atoms with Crippen LogP contribution in [0.15, 0.2) is 66.7 Å². The minimum Gasteiger partial charge on any atom is -0.483 e. The summed E-state index contributed by atoms with van der Waals surface area (Å²) >= 11 is 0. The summed E-state index contributed by atoms with van der Waals surface area (Å²) in [6, 6.07) is 18.8. The number of nitrogens with one attached hydrogen (secondary N) is 1. The third kappa shape index (κ3) is 6.54. The third-order valence-electron chi connectivity index (χ3n) is 5.44. The lowest BCUT2D eigenvalue weighted by Gasteiger charge is -2.31. The van der Waals surface area contributed by atoms with Crippen molar-refractivity contribution in [3.63, 3.8) is 0 Å². The van der Waals surface area contributed by atoms with Crippen molar-refractivity contribution in [1.82, 2.24) is 10.2 Å². The van der Waals surface area contributed by atoms with Gasteiger partial charge in [-0.25, -0.2) is 4.39 Å². The van der Waals surface area contributed by atoms with Crippen molar-refractivity contribution >= 4 is 22.6 Å². The average molecular weight is 451 g/mol. The fourth-order valence-electron chi connectivity index (χ4n) is 3.67. The second-order valence-electron chi connectivity index (χ2n) is 8.48. The summed E-state index contributed by atoms with van der Waals surface area (Å²) in [4.78, 5) is 27.7. The van der Waals surface area contributed by atoms with Crippen LogP contribution in [0, 0.1) is 11.7 Å². The predicted octanol–water partition coefficient (Wildman–Crippen LogP) is 4.94. The molecule has 5 nitrogen and oxygen atoms in total. The van der Waals surface area contributed by atoms with Gasteiger partial charge in [0.1, 0.15) is 17.6 Å². The fraction of sp³-hybridized carbons (Fsp3) is 0.333. The Labute approximate surface area is 194 Å².